The molecule has 3 heterocycles. The summed E-state index contributed by atoms with van der Waals surface area (Å²) in [6.45, 7) is 7.55. The van der Waals surface area contributed by atoms with Gasteiger partial charge in [-0.25, -0.2) is 4.98 Å². The highest BCUT2D eigenvalue weighted by atomic mass is 16.5. The van der Waals surface area contributed by atoms with Crippen molar-refractivity contribution in [1.82, 2.24) is 9.88 Å². The lowest BCUT2D eigenvalue weighted by molar-refractivity contribution is -0.182. The Morgan fingerprint density at radius 2 is 2.30 bits per heavy atom. The average Bonchev–Trinajstić information content (AvgIpc) is 2.54. The van der Waals surface area contributed by atoms with Crippen LogP contribution in [-0.2, 0) is 16.0 Å². The number of nitrogens with zero attached hydrogens (tertiary/aromatic N) is 2. The molecular weight excluding hydrogens is 292 g/mol. The van der Waals surface area contributed by atoms with Crippen molar-refractivity contribution < 1.29 is 14.2 Å². The van der Waals surface area contributed by atoms with E-state index >= 15 is 0 Å². The predicted molar refractivity (Wildman–Crippen MR) is 88.6 cm³/mol. The second kappa shape index (κ2) is 7.60. The number of methoxy groups -OCH3 is 1. The molecule has 0 unspecified atom stereocenters. The summed E-state index contributed by atoms with van der Waals surface area (Å²) in [5, 5.41) is 0. The van der Waals surface area contributed by atoms with E-state index in [2.05, 4.69) is 22.9 Å². The molecule has 0 N–H and O–H groups in total. The normalized spacial score (nSPS) is 23.7. The van der Waals surface area contributed by atoms with Crippen molar-refractivity contribution in [3.63, 3.8) is 0 Å². The molecule has 2 aliphatic rings. The van der Waals surface area contributed by atoms with Crippen LogP contribution in [0.2, 0.25) is 0 Å². The molecule has 1 spiro atoms. The van der Waals surface area contributed by atoms with Crippen LogP contribution in [0.3, 0.4) is 0 Å². The third-order valence-electron chi connectivity index (χ3n) is 4.93. The fourth-order valence-electron chi connectivity index (χ4n) is 3.84. The Kier molecular flexibility index (Phi) is 5.51. The van der Waals surface area contributed by atoms with Gasteiger partial charge in [0.2, 0.25) is 5.88 Å². The van der Waals surface area contributed by atoms with Crippen LogP contribution in [0.1, 0.15) is 31.7 Å². The summed E-state index contributed by atoms with van der Waals surface area (Å²) >= 11 is 0. The number of hydrogen-bond acceptors (Lipinski definition) is 5. The molecule has 0 bridgehead atoms. The Labute approximate surface area is 138 Å². The van der Waals surface area contributed by atoms with E-state index in [1.54, 1.807) is 13.3 Å². The summed E-state index contributed by atoms with van der Waals surface area (Å²) in [4.78, 5) is 6.69. The summed E-state index contributed by atoms with van der Waals surface area (Å²) in [6, 6.07) is 4.05. The van der Waals surface area contributed by atoms with Crippen LogP contribution >= 0.6 is 0 Å². The summed E-state index contributed by atoms with van der Waals surface area (Å²) in [7, 11) is 1.68. The predicted octanol–water partition coefficient (Wildman–Crippen LogP) is 2.50. The van der Waals surface area contributed by atoms with Crippen LogP contribution in [-0.4, -0.2) is 55.5 Å². The zero-order valence-electron chi connectivity index (χ0n) is 14.3. The Morgan fingerprint density at radius 1 is 1.43 bits per heavy atom. The van der Waals surface area contributed by atoms with Gasteiger partial charge < -0.3 is 14.2 Å². The molecule has 0 aliphatic carbocycles. The van der Waals surface area contributed by atoms with Crippen LogP contribution in [0.5, 0.6) is 5.88 Å². The third-order valence-corrected chi connectivity index (χ3v) is 4.93. The highest BCUT2D eigenvalue weighted by molar-refractivity contribution is 5.25. The second-order valence-electron chi connectivity index (χ2n) is 6.69. The molecule has 3 rings (SSSR count). The van der Waals surface area contributed by atoms with Crippen LogP contribution < -0.4 is 4.74 Å². The third kappa shape index (κ3) is 4.03. The first kappa shape index (κ1) is 16.7. The van der Waals surface area contributed by atoms with Gasteiger partial charge >= 0.3 is 0 Å². The molecule has 128 valence electrons. The van der Waals surface area contributed by atoms with E-state index in [9.17, 15) is 0 Å². The molecule has 0 radical (unpaired) electrons. The van der Waals surface area contributed by atoms with Gasteiger partial charge in [0.25, 0.3) is 0 Å². The molecule has 0 amide bonds. The zero-order chi connectivity index (χ0) is 16.1. The number of aromatic nitrogens is 1. The molecule has 1 aromatic heterocycles. The van der Waals surface area contributed by atoms with Gasteiger partial charge in [0.15, 0.2) is 0 Å². The van der Waals surface area contributed by atoms with E-state index in [0.29, 0.717) is 0 Å². The van der Waals surface area contributed by atoms with Crippen molar-refractivity contribution >= 4 is 0 Å². The number of hydrogen-bond donors (Lipinski definition) is 0. The van der Waals surface area contributed by atoms with E-state index in [1.807, 2.05) is 6.07 Å². The topological polar surface area (TPSA) is 43.8 Å². The molecule has 2 aliphatic heterocycles. The summed E-state index contributed by atoms with van der Waals surface area (Å²) in [5.74, 6) is 1.47. The molecule has 0 aromatic carbocycles. The maximum absolute atomic E-state index is 6.13. The lowest BCUT2D eigenvalue weighted by atomic mass is 9.79. The Bertz CT molecular complexity index is 503. The maximum Gasteiger partial charge on any atom is 0.217 e. The molecule has 1 atom stereocenters. The van der Waals surface area contributed by atoms with Crippen molar-refractivity contribution in [1.29, 1.82) is 0 Å². The van der Waals surface area contributed by atoms with E-state index in [4.69, 9.17) is 14.2 Å². The number of pyridine rings is 1. The van der Waals surface area contributed by atoms with Gasteiger partial charge in [0.1, 0.15) is 0 Å². The van der Waals surface area contributed by atoms with Crippen molar-refractivity contribution in [2.24, 2.45) is 5.92 Å². The van der Waals surface area contributed by atoms with Gasteiger partial charge in [0.05, 0.1) is 12.7 Å². The van der Waals surface area contributed by atoms with Gasteiger partial charge in [-0.2, -0.15) is 0 Å². The Morgan fingerprint density at radius 3 is 3.09 bits per heavy atom. The van der Waals surface area contributed by atoms with Crippen LogP contribution in [0.4, 0.5) is 0 Å². The fourth-order valence-corrected chi connectivity index (χ4v) is 3.84. The number of ether oxygens (including phenoxy) is 3. The summed E-state index contributed by atoms with van der Waals surface area (Å²) in [5.41, 5.74) is 1.22. The minimum absolute atomic E-state index is 0.0740. The zero-order valence-corrected chi connectivity index (χ0v) is 14.3. The first-order chi connectivity index (χ1) is 11.2. The first-order valence-electron chi connectivity index (χ1n) is 8.66. The van der Waals surface area contributed by atoms with E-state index < -0.39 is 0 Å². The van der Waals surface area contributed by atoms with E-state index in [0.717, 1.165) is 63.2 Å². The molecule has 2 fully saturated rings. The van der Waals surface area contributed by atoms with Crippen LogP contribution in [0, 0.1) is 5.92 Å². The van der Waals surface area contributed by atoms with Crippen molar-refractivity contribution in [3.8, 4) is 5.88 Å². The lowest BCUT2D eigenvalue weighted by Gasteiger charge is -2.53. The van der Waals surface area contributed by atoms with Gasteiger partial charge in [-0.15, -0.1) is 0 Å². The van der Waals surface area contributed by atoms with Gasteiger partial charge in [-0.05, 0) is 38.2 Å². The molecule has 0 saturated carbocycles. The minimum atomic E-state index is 0.0740. The van der Waals surface area contributed by atoms with Crippen LogP contribution in [0.25, 0.3) is 0 Å². The van der Waals surface area contributed by atoms with Gasteiger partial charge in [-0.1, -0.05) is 6.07 Å². The van der Waals surface area contributed by atoms with Crippen molar-refractivity contribution in [2.75, 3.05) is 40.0 Å². The SMILES string of the molecule is CCOCC[C@H]1CCOC2(C1)CN(Cc1cccnc1OC)C2. The quantitative estimate of drug-likeness (QED) is 0.722. The fraction of sp³-hybridized carbons (Fsp3) is 0.722. The summed E-state index contributed by atoms with van der Waals surface area (Å²) in [6.07, 6.45) is 5.27. The second-order valence-corrected chi connectivity index (χ2v) is 6.69. The van der Waals surface area contributed by atoms with Gasteiger partial charge in [-0.3, -0.25) is 4.90 Å². The van der Waals surface area contributed by atoms with E-state index in [1.165, 1.54) is 12.8 Å². The monoisotopic (exact) mass is 320 g/mol. The molecular formula is C18H28N2O3. The summed E-state index contributed by atoms with van der Waals surface area (Å²) < 4.78 is 17.0. The molecule has 5 nitrogen and oxygen atoms in total. The highest BCUT2D eigenvalue weighted by Gasteiger charge is 2.47. The maximum atomic E-state index is 6.13. The highest BCUT2D eigenvalue weighted by Crippen LogP contribution is 2.39. The largest absolute Gasteiger partial charge is 0.481 e. The minimum Gasteiger partial charge on any atom is -0.481 e. The Hall–Kier alpha value is -1.17. The average molecular weight is 320 g/mol. The Balaban J connectivity index is 1.49. The molecule has 1 aromatic rings. The first-order valence-corrected chi connectivity index (χ1v) is 8.66. The molecule has 2 saturated heterocycles. The van der Waals surface area contributed by atoms with Gasteiger partial charge in [0, 0.05) is 51.2 Å². The molecule has 5 heteroatoms. The van der Waals surface area contributed by atoms with E-state index in [-0.39, 0.29) is 5.60 Å². The lowest BCUT2D eigenvalue weighted by Crippen LogP contribution is -2.64. The smallest absolute Gasteiger partial charge is 0.217 e. The number of likely N-dealkylation sites (tertiary alicyclic amines) is 1. The van der Waals surface area contributed by atoms with Crippen LogP contribution in [0.15, 0.2) is 18.3 Å². The van der Waals surface area contributed by atoms with Crippen molar-refractivity contribution in [3.05, 3.63) is 23.9 Å². The standard InChI is InChI=1S/C18H28N2O3/c1-3-22-9-6-15-7-10-23-18(11-15)13-20(14-18)12-16-5-4-8-19-17(16)21-2/h4-5,8,15H,3,6-7,9-14H2,1-2H3/t15-/m0/s1. The number of rotatable bonds is 7. The molecule has 23 heavy (non-hydrogen) atoms. The van der Waals surface area contributed by atoms with Crippen molar-refractivity contribution in [2.45, 2.75) is 38.3 Å².